The lowest BCUT2D eigenvalue weighted by Gasteiger charge is -2.41. The molecule has 2 atom stereocenters. The molecule has 0 aromatic heterocycles. The Bertz CT molecular complexity index is 237. The Morgan fingerprint density at radius 1 is 1.16 bits per heavy atom. The summed E-state index contributed by atoms with van der Waals surface area (Å²) in [5, 5.41) is 3.50. The van der Waals surface area contributed by atoms with Crippen molar-refractivity contribution in [3.05, 3.63) is 0 Å². The molecule has 2 unspecified atom stereocenters. The molecule has 0 aliphatic carbocycles. The average molecular weight is 268 g/mol. The van der Waals surface area contributed by atoms with E-state index in [0.29, 0.717) is 6.10 Å². The molecule has 3 heteroatoms. The van der Waals surface area contributed by atoms with Crippen LogP contribution in [0.15, 0.2) is 0 Å². The first-order valence-electron chi connectivity index (χ1n) is 8.39. The molecule has 0 amide bonds. The van der Waals surface area contributed by atoms with E-state index in [2.05, 4.69) is 24.1 Å². The van der Waals surface area contributed by atoms with Gasteiger partial charge in [-0.15, -0.1) is 0 Å². The van der Waals surface area contributed by atoms with E-state index in [-0.39, 0.29) is 0 Å². The normalized spacial score (nSPS) is 30.6. The number of likely N-dealkylation sites (tertiary alicyclic amines) is 1. The molecule has 0 aromatic rings. The summed E-state index contributed by atoms with van der Waals surface area (Å²) in [6.45, 7) is 10.4. The number of nitrogens with zero attached hydrogens (tertiary/aromatic N) is 1. The number of piperidine rings is 1. The van der Waals surface area contributed by atoms with Crippen LogP contribution in [0.2, 0.25) is 0 Å². The van der Waals surface area contributed by atoms with Gasteiger partial charge in [-0.05, 0) is 64.2 Å². The molecule has 2 aliphatic rings. The fraction of sp³-hybridized carbons (Fsp3) is 1.00. The van der Waals surface area contributed by atoms with Gasteiger partial charge in [0.05, 0.1) is 6.10 Å². The summed E-state index contributed by atoms with van der Waals surface area (Å²) in [5.74, 6) is 0.905. The molecule has 0 aromatic carbocycles. The van der Waals surface area contributed by atoms with Gasteiger partial charge in [0.1, 0.15) is 0 Å². The van der Waals surface area contributed by atoms with Gasteiger partial charge in [0, 0.05) is 12.6 Å². The highest BCUT2D eigenvalue weighted by Gasteiger charge is 2.29. The van der Waals surface area contributed by atoms with Crippen molar-refractivity contribution in [2.24, 2.45) is 5.92 Å². The van der Waals surface area contributed by atoms with Crippen molar-refractivity contribution in [3.63, 3.8) is 0 Å². The summed E-state index contributed by atoms with van der Waals surface area (Å²) < 4.78 is 5.88. The van der Waals surface area contributed by atoms with Gasteiger partial charge in [-0.2, -0.15) is 0 Å². The Morgan fingerprint density at radius 2 is 1.95 bits per heavy atom. The summed E-state index contributed by atoms with van der Waals surface area (Å²) >= 11 is 0. The molecule has 2 rings (SSSR count). The van der Waals surface area contributed by atoms with Gasteiger partial charge in [0.15, 0.2) is 0 Å². The minimum Gasteiger partial charge on any atom is -0.378 e. The summed E-state index contributed by atoms with van der Waals surface area (Å²) in [4.78, 5) is 2.74. The predicted molar refractivity (Wildman–Crippen MR) is 80.5 cm³/mol. The van der Waals surface area contributed by atoms with Crippen LogP contribution >= 0.6 is 0 Å². The Labute approximate surface area is 119 Å². The summed E-state index contributed by atoms with van der Waals surface area (Å²) in [7, 11) is 0. The fourth-order valence-electron chi connectivity index (χ4n) is 3.59. The SMILES string of the molecule is CCCC1CC(N2CCC(CNCC)CC2)CCO1. The van der Waals surface area contributed by atoms with Gasteiger partial charge < -0.3 is 15.0 Å². The number of nitrogens with one attached hydrogen (secondary N) is 1. The van der Waals surface area contributed by atoms with E-state index >= 15 is 0 Å². The highest BCUT2D eigenvalue weighted by Crippen LogP contribution is 2.26. The van der Waals surface area contributed by atoms with Crippen LogP contribution in [-0.2, 0) is 4.74 Å². The first kappa shape index (κ1) is 15.3. The first-order chi connectivity index (χ1) is 9.33. The quantitative estimate of drug-likeness (QED) is 0.801. The van der Waals surface area contributed by atoms with Crippen LogP contribution in [0.3, 0.4) is 0 Å². The smallest absolute Gasteiger partial charge is 0.0590 e. The van der Waals surface area contributed by atoms with E-state index in [1.54, 1.807) is 0 Å². The van der Waals surface area contributed by atoms with Crippen molar-refractivity contribution in [2.45, 2.75) is 64.5 Å². The molecule has 19 heavy (non-hydrogen) atoms. The van der Waals surface area contributed by atoms with E-state index in [1.807, 2.05) is 0 Å². The highest BCUT2D eigenvalue weighted by atomic mass is 16.5. The third-order valence-corrected chi connectivity index (χ3v) is 4.80. The van der Waals surface area contributed by atoms with Crippen molar-refractivity contribution in [3.8, 4) is 0 Å². The number of ether oxygens (including phenoxy) is 1. The van der Waals surface area contributed by atoms with Crippen LogP contribution in [0.1, 0.15) is 52.4 Å². The van der Waals surface area contributed by atoms with E-state index in [0.717, 1.165) is 25.1 Å². The van der Waals surface area contributed by atoms with Crippen LogP contribution in [0.4, 0.5) is 0 Å². The molecular formula is C16H32N2O. The first-order valence-corrected chi connectivity index (χ1v) is 8.39. The van der Waals surface area contributed by atoms with E-state index in [4.69, 9.17) is 4.74 Å². The Balaban J connectivity index is 1.71. The van der Waals surface area contributed by atoms with Crippen molar-refractivity contribution in [1.29, 1.82) is 0 Å². The number of hydrogen-bond acceptors (Lipinski definition) is 3. The van der Waals surface area contributed by atoms with Gasteiger partial charge in [-0.25, -0.2) is 0 Å². The van der Waals surface area contributed by atoms with Crippen LogP contribution in [0.5, 0.6) is 0 Å². The molecule has 0 spiro atoms. The maximum Gasteiger partial charge on any atom is 0.0590 e. The van der Waals surface area contributed by atoms with Crippen LogP contribution in [0.25, 0.3) is 0 Å². The minimum absolute atomic E-state index is 0.531. The van der Waals surface area contributed by atoms with E-state index in [9.17, 15) is 0 Å². The standard InChI is InChI=1S/C16H32N2O/c1-3-5-16-12-15(8-11-19-16)18-9-6-14(7-10-18)13-17-4-2/h14-17H,3-13H2,1-2H3. The van der Waals surface area contributed by atoms with Crippen molar-refractivity contribution >= 4 is 0 Å². The maximum absolute atomic E-state index is 5.88. The fourth-order valence-corrected chi connectivity index (χ4v) is 3.59. The Kier molecular flexibility index (Phi) is 6.62. The second-order valence-electron chi connectivity index (χ2n) is 6.25. The van der Waals surface area contributed by atoms with Crippen molar-refractivity contribution in [2.75, 3.05) is 32.8 Å². The molecule has 2 heterocycles. The summed E-state index contributed by atoms with van der Waals surface area (Å²) in [6, 6.07) is 0.797. The van der Waals surface area contributed by atoms with Gasteiger partial charge in [-0.3, -0.25) is 0 Å². The lowest BCUT2D eigenvalue weighted by Crippen LogP contribution is -2.47. The molecule has 2 fully saturated rings. The average Bonchev–Trinajstić information content (AvgIpc) is 2.46. The van der Waals surface area contributed by atoms with Gasteiger partial charge >= 0.3 is 0 Å². The maximum atomic E-state index is 5.88. The molecule has 2 aliphatic heterocycles. The van der Waals surface area contributed by atoms with Crippen LogP contribution < -0.4 is 5.32 Å². The van der Waals surface area contributed by atoms with Gasteiger partial charge in [0.2, 0.25) is 0 Å². The molecule has 0 radical (unpaired) electrons. The van der Waals surface area contributed by atoms with Crippen LogP contribution in [-0.4, -0.2) is 49.8 Å². The zero-order valence-electron chi connectivity index (χ0n) is 12.9. The van der Waals surface area contributed by atoms with Gasteiger partial charge in [0.25, 0.3) is 0 Å². The van der Waals surface area contributed by atoms with Crippen molar-refractivity contribution < 1.29 is 4.74 Å². The molecule has 1 N–H and O–H groups in total. The third kappa shape index (κ3) is 4.73. The molecule has 0 saturated carbocycles. The predicted octanol–water partition coefficient (Wildman–Crippen LogP) is 2.66. The number of rotatable bonds is 6. The zero-order chi connectivity index (χ0) is 13.5. The summed E-state index contributed by atoms with van der Waals surface area (Å²) in [6.07, 6.45) is 8.30. The second kappa shape index (κ2) is 8.23. The minimum atomic E-state index is 0.531. The highest BCUT2D eigenvalue weighted by molar-refractivity contribution is 4.83. The Hall–Kier alpha value is -0.120. The number of hydrogen-bond donors (Lipinski definition) is 1. The van der Waals surface area contributed by atoms with Crippen molar-refractivity contribution in [1.82, 2.24) is 10.2 Å². The molecule has 112 valence electrons. The summed E-state index contributed by atoms with van der Waals surface area (Å²) in [5.41, 5.74) is 0. The van der Waals surface area contributed by atoms with Gasteiger partial charge in [-0.1, -0.05) is 20.3 Å². The third-order valence-electron chi connectivity index (χ3n) is 4.80. The molecule has 3 nitrogen and oxygen atoms in total. The molecular weight excluding hydrogens is 236 g/mol. The molecule has 2 saturated heterocycles. The van der Waals surface area contributed by atoms with E-state index < -0.39 is 0 Å². The monoisotopic (exact) mass is 268 g/mol. The lowest BCUT2D eigenvalue weighted by molar-refractivity contribution is -0.0368. The second-order valence-corrected chi connectivity index (χ2v) is 6.25. The van der Waals surface area contributed by atoms with E-state index in [1.165, 1.54) is 58.2 Å². The Morgan fingerprint density at radius 3 is 2.63 bits per heavy atom. The van der Waals surface area contributed by atoms with Crippen LogP contribution in [0, 0.1) is 5.92 Å². The lowest BCUT2D eigenvalue weighted by atomic mass is 9.92. The zero-order valence-corrected chi connectivity index (χ0v) is 12.9. The largest absolute Gasteiger partial charge is 0.378 e. The molecule has 0 bridgehead atoms. The topological polar surface area (TPSA) is 24.5 Å².